The highest BCUT2D eigenvalue weighted by Gasteiger charge is 2.11. The molecular formula is C14H15ClN2OS. The van der Waals surface area contributed by atoms with Crippen LogP contribution in [0.4, 0.5) is 0 Å². The van der Waals surface area contributed by atoms with E-state index in [0.29, 0.717) is 13.0 Å². The Balaban J connectivity index is 1.82. The van der Waals surface area contributed by atoms with Gasteiger partial charge in [-0.05, 0) is 36.2 Å². The third-order valence-electron chi connectivity index (χ3n) is 2.87. The molecule has 0 aliphatic carbocycles. The van der Waals surface area contributed by atoms with E-state index >= 15 is 0 Å². The van der Waals surface area contributed by atoms with E-state index in [2.05, 4.69) is 4.98 Å². The number of carbonyl (C=O) groups is 1. The van der Waals surface area contributed by atoms with E-state index < -0.39 is 0 Å². The van der Waals surface area contributed by atoms with Gasteiger partial charge in [0.15, 0.2) is 0 Å². The number of likely N-dealkylation sites (N-methyl/N-ethyl adjacent to an activating group) is 1. The Kier molecular flexibility index (Phi) is 4.93. The van der Waals surface area contributed by atoms with Crippen LogP contribution in [-0.4, -0.2) is 29.4 Å². The minimum Gasteiger partial charge on any atom is -0.345 e. The summed E-state index contributed by atoms with van der Waals surface area (Å²) in [5.41, 5.74) is 1.19. The van der Waals surface area contributed by atoms with Crippen LogP contribution >= 0.6 is 22.9 Å². The van der Waals surface area contributed by atoms with E-state index in [9.17, 15) is 4.79 Å². The van der Waals surface area contributed by atoms with Crippen LogP contribution < -0.4 is 0 Å². The number of aromatic nitrogens is 1. The molecule has 0 aliphatic heterocycles. The smallest absolute Gasteiger partial charge is 0.227 e. The average molecular weight is 295 g/mol. The van der Waals surface area contributed by atoms with Gasteiger partial charge in [-0.25, -0.2) is 0 Å². The first kappa shape index (κ1) is 14.0. The Labute approximate surface area is 121 Å². The fraction of sp³-hybridized carbons (Fsp3) is 0.286. The van der Waals surface area contributed by atoms with Crippen molar-refractivity contribution in [3.63, 3.8) is 0 Å². The topological polar surface area (TPSA) is 33.2 Å². The Morgan fingerprint density at radius 1 is 1.32 bits per heavy atom. The molecule has 0 radical (unpaired) electrons. The van der Waals surface area contributed by atoms with Crippen molar-refractivity contribution in [2.24, 2.45) is 0 Å². The molecule has 19 heavy (non-hydrogen) atoms. The van der Waals surface area contributed by atoms with Crippen molar-refractivity contribution in [2.75, 3.05) is 13.6 Å². The predicted molar refractivity (Wildman–Crippen MR) is 78.6 cm³/mol. The minimum absolute atomic E-state index is 0.118. The third kappa shape index (κ3) is 4.33. The molecule has 0 fully saturated rings. The first-order chi connectivity index (χ1) is 9.15. The maximum absolute atomic E-state index is 12.0. The van der Waals surface area contributed by atoms with E-state index in [1.54, 1.807) is 17.3 Å². The molecule has 0 atom stereocenters. The van der Waals surface area contributed by atoms with Gasteiger partial charge in [-0.3, -0.25) is 9.78 Å². The van der Waals surface area contributed by atoms with Crippen molar-refractivity contribution in [1.82, 2.24) is 9.88 Å². The summed E-state index contributed by atoms with van der Waals surface area (Å²) in [6, 6.07) is 7.67. The van der Waals surface area contributed by atoms with Gasteiger partial charge in [0.25, 0.3) is 0 Å². The average Bonchev–Trinajstić information content (AvgIpc) is 2.82. The van der Waals surface area contributed by atoms with E-state index in [-0.39, 0.29) is 5.91 Å². The summed E-state index contributed by atoms with van der Waals surface area (Å²) in [5, 5.41) is 0. The zero-order valence-electron chi connectivity index (χ0n) is 10.7. The standard InChI is InChI=1S/C14H15ClN2OS/c1-17(9-6-11-4-7-16-8-5-11)14(18)10-12-2-3-13(15)19-12/h2-5,7-8H,6,9-10H2,1H3. The fourth-order valence-corrected chi connectivity index (χ4v) is 2.78. The molecule has 100 valence electrons. The van der Waals surface area contributed by atoms with Gasteiger partial charge in [0.05, 0.1) is 10.8 Å². The highest BCUT2D eigenvalue weighted by atomic mass is 35.5. The van der Waals surface area contributed by atoms with Crippen molar-refractivity contribution >= 4 is 28.8 Å². The van der Waals surface area contributed by atoms with Crippen LogP contribution in [0.15, 0.2) is 36.7 Å². The van der Waals surface area contributed by atoms with E-state index in [0.717, 1.165) is 15.6 Å². The summed E-state index contributed by atoms with van der Waals surface area (Å²) >= 11 is 7.31. The van der Waals surface area contributed by atoms with Crippen LogP contribution in [0.2, 0.25) is 4.34 Å². The lowest BCUT2D eigenvalue weighted by Gasteiger charge is -2.16. The number of rotatable bonds is 5. The second-order valence-electron chi connectivity index (χ2n) is 4.30. The molecule has 2 aromatic rings. The number of pyridine rings is 1. The lowest BCUT2D eigenvalue weighted by Crippen LogP contribution is -2.29. The van der Waals surface area contributed by atoms with Crippen molar-refractivity contribution < 1.29 is 4.79 Å². The molecule has 3 nitrogen and oxygen atoms in total. The first-order valence-corrected chi connectivity index (χ1v) is 7.21. The summed E-state index contributed by atoms with van der Waals surface area (Å²) in [7, 11) is 1.83. The van der Waals surface area contributed by atoms with Crippen LogP contribution in [0.5, 0.6) is 0 Å². The molecular weight excluding hydrogens is 280 g/mol. The summed E-state index contributed by atoms with van der Waals surface area (Å²) in [4.78, 5) is 18.8. The maximum atomic E-state index is 12.0. The largest absolute Gasteiger partial charge is 0.345 e. The fourth-order valence-electron chi connectivity index (χ4n) is 1.70. The van der Waals surface area contributed by atoms with Gasteiger partial charge in [-0.2, -0.15) is 0 Å². The molecule has 5 heteroatoms. The first-order valence-electron chi connectivity index (χ1n) is 6.02. The number of amides is 1. The van der Waals surface area contributed by atoms with Gasteiger partial charge in [-0.1, -0.05) is 11.6 Å². The summed E-state index contributed by atoms with van der Waals surface area (Å²) in [6.45, 7) is 0.710. The van der Waals surface area contributed by atoms with Crippen molar-refractivity contribution in [3.8, 4) is 0 Å². The molecule has 2 rings (SSSR count). The van der Waals surface area contributed by atoms with Crippen LogP contribution in [0.1, 0.15) is 10.4 Å². The Hall–Kier alpha value is -1.39. The van der Waals surface area contributed by atoms with E-state index in [4.69, 9.17) is 11.6 Å². The molecule has 0 spiro atoms. The molecule has 0 bridgehead atoms. The Morgan fingerprint density at radius 2 is 2.05 bits per heavy atom. The predicted octanol–water partition coefficient (Wildman–Crippen LogP) is 3.04. The van der Waals surface area contributed by atoms with Crippen molar-refractivity contribution in [3.05, 3.63) is 51.4 Å². The zero-order valence-corrected chi connectivity index (χ0v) is 12.2. The number of carbonyl (C=O) groups excluding carboxylic acids is 1. The highest BCUT2D eigenvalue weighted by Crippen LogP contribution is 2.22. The van der Waals surface area contributed by atoms with Crippen LogP contribution in [0.25, 0.3) is 0 Å². The van der Waals surface area contributed by atoms with Gasteiger partial charge in [0.2, 0.25) is 5.91 Å². The molecule has 0 unspecified atom stereocenters. The summed E-state index contributed by atoms with van der Waals surface area (Å²) in [5.74, 6) is 0.118. The normalized spacial score (nSPS) is 10.4. The molecule has 0 saturated carbocycles. The number of halogens is 1. The monoisotopic (exact) mass is 294 g/mol. The summed E-state index contributed by atoms with van der Waals surface area (Å²) in [6.07, 6.45) is 4.80. The highest BCUT2D eigenvalue weighted by molar-refractivity contribution is 7.16. The molecule has 0 aromatic carbocycles. The molecule has 0 aliphatic rings. The second-order valence-corrected chi connectivity index (χ2v) is 6.10. The van der Waals surface area contributed by atoms with Gasteiger partial charge < -0.3 is 4.90 Å². The SMILES string of the molecule is CN(CCc1ccncc1)C(=O)Cc1ccc(Cl)s1. The molecule has 1 amide bonds. The lowest BCUT2D eigenvalue weighted by molar-refractivity contribution is -0.129. The van der Waals surface area contributed by atoms with Crippen LogP contribution in [-0.2, 0) is 17.6 Å². The number of nitrogens with zero attached hydrogens (tertiary/aromatic N) is 2. The van der Waals surface area contributed by atoms with Gasteiger partial charge in [0, 0.05) is 30.9 Å². The van der Waals surface area contributed by atoms with Crippen LogP contribution in [0, 0.1) is 0 Å². The molecule has 0 saturated heterocycles. The van der Waals surface area contributed by atoms with Gasteiger partial charge in [0.1, 0.15) is 0 Å². The van der Waals surface area contributed by atoms with Gasteiger partial charge >= 0.3 is 0 Å². The molecule has 0 N–H and O–H groups in total. The van der Waals surface area contributed by atoms with Crippen molar-refractivity contribution in [2.45, 2.75) is 12.8 Å². The number of thiophene rings is 1. The summed E-state index contributed by atoms with van der Waals surface area (Å²) < 4.78 is 0.724. The zero-order chi connectivity index (χ0) is 13.7. The maximum Gasteiger partial charge on any atom is 0.227 e. The Bertz CT molecular complexity index is 541. The number of hydrogen-bond acceptors (Lipinski definition) is 3. The minimum atomic E-state index is 0.118. The lowest BCUT2D eigenvalue weighted by atomic mass is 10.2. The number of hydrogen-bond donors (Lipinski definition) is 0. The molecule has 2 heterocycles. The van der Waals surface area contributed by atoms with Crippen LogP contribution in [0.3, 0.4) is 0 Å². The van der Waals surface area contributed by atoms with E-state index in [1.807, 2.05) is 31.3 Å². The molecule has 2 aromatic heterocycles. The van der Waals surface area contributed by atoms with Gasteiger partial charge in [-0.15, -0.1) is 11.3 Å². The Morgan fingerprint density at radius 3 is 2.68 bits per heavy atom. The third-order valence-corrected chi connectivity index (χ3v) is 4.10. The quantitative estimate of drug-likeness (QED) is 0.849. The second kappa shape index (κ2) is 6.68. The van der Waals surface area contributed by atoms with Crippen molar-refractivity contribution in [1.29, 1.82) is 0 Å². The van der Waals surface area contributed by atoms with E-state index in [1.165, 1.54) is 16.9 Å².